The van der Waals surface area contributed by atoms with Gasteiger partial charge in [-0.05, 0) is 42.5 Å². The fourth-order valence-corrected chi connectivity index (χ4v) is 3.30. The number of rotatable bonds is 7. The summed E-state index contributed by atoms with van der Waals surface area (Å²) in [5, 5.41) is 3.10. The molecule has 142 valence electrons. The normalized spacial score (nSPS) is 17.2. The zero-order valence-electron chi connectivity index (χ0n) is 15.3. The van der Waals surface area contributed by atoms with Crippen LogP contribution in [0, 0.1) is 0 Å². The van der Waals surface area contributed by atoms with Crippen molar-refractivity contribution in [3.63, 3.8) is 0 Å². The standard InChI is InChI=1S/C21H23ClN2O3/c1-27-12-2-3-14-4-6-15(7-5-14)17(13-16-8-11-20(25)23-16)19-10-9-18(22)21(26)24-19/h4-7,9-10,13,16H,2-3,8,11-12H2,1H3,(H,23,25)(H,24,26)/t16-/m1/s1. The highest BCUT2D eigenvalue weighted by Crippen LogP contribution is 2.25. The molecule has 0 saturated carbocycles. The molecule has 0 radical (unpaired) electrons. The Balaban J connectivity index is 1.91. The molecule has 2 heterocycles. The molecule has 1 amide bonds. The number of methoxy groups -OCH3 is 1. The third kappa shape index (κ3) is 5.08. The number of nitrogens with one attached hydrogen (secondary N) is 2. The molecule has 3 rings (SSSR count). The molecule has 0 unspecified atom stereocenters. The zero-order valence-corrected chi connectivity index (χ0v) is 16.0. The van der Waals surface area contributed by atoms with E-state index in [1.54, 1.807) is 19.2 Å². The minimum absolute atomic E-state index is 0.0481. The van der Waals surface area contributed by atoms with Crippen molar-refractivity contribution in [2.45, 2.75) is 31.7 Å². The number of amides is 1. The molecule has 1 saturated heterocycles. The van der Waals surface area contributed by atoms with Crippen LogP contribution in [0.2, 0.25) is 5.02 Å². The predicted molar refractivity (Wildman–Crippen MR) is 107 cm³/mol. The van der Waals surface area contributed by atoms with Gasteiger partial charge in [-0.3, -0.25) is 9.59 Å². The van der Waals surface area contributed by atoms with Crippen LogP contribution in [0.15, 0.2) is 47.3 Å². The first kappa shape index (κ1) is 19.4. The number of carbonyl (C=O) groups excluding carboxylic acids is 1. The van der Waals surface area contributed by atoms with Crippen molar-refractivity contribution < 1.29 is 9.53 Å². The summed E-state index contributed by atoms with van der Waals surface area (Å²) in [5.41, 5.74) is 3.43. The van der Waals surface area contributed by atoms with Crippen LogP contribution in [-0.4, -0.2) is 30.6 Å². The molecular formula is C21H23ClN2O3. The van der Waals surface area contributed by atoms with E-state index in [0.717, 1.165) is 37.0 Å². The second kappa shape index (κ2) is 9.02. The number of aromatic amines is 1. The van der Waals surface area contributed by atoms with Crippen LogP contribution < -0.4 is 10.9 Å². The highest BCUT2D eigenvalue weighted by Gasteiger charge is 2.20. The van der Waals surface area contributed by atoms with Gasteiger partial charge >= 0.3 is 0 Å². The van der Waals surface area contributed by atoms with Crippen LogP contribution >= 0.6 is 11.6 Å². The SMILES string of the molecule is COCCCc1ccc(C(=C[C@H]2CCC(=O)N2)c2ccc(Cl)c(=O)[nH]2)cc1. The van der Waals surface area contributed by atoms with Gasteiger partial charge in [-0.15, -0.1) is 0 Å². The Bertz CT molecular complexity index is 887. The minimum Gasteiger partial charge on any atom is -0.385 e. The molecule has 1 atom stereocenters. The molecule has 1 aliphatic rings. The average molecular weight is 387 g/mol. The van der Waals surface area contributed by atoms with Gasteiger partial charge in [0.25, 0.3) is 5.56 Å². The van der Waals surface area contributed by atoms with Crippen LogP contribution in [0.1, 0.15) is 36.1 Å². The van der Waals surface area contributed by atoms with Crippen molar-refractivity contribution in [3.8, 4) is 0 Å². The predicted octanol–water partition coefficient (Wildman–Crippen LogP) is 3.32. The quantitative estimate of drug-likeness (QED) is 0.717. The number of halogens is 1. The molecule has 2 N–H and O–H groups in total. The number of ether oxygens (including phenoxy) is 1. The molecule has 0 aliphatic carbocycles. The summed E-state index contributed by atoms with van der Waals surface area (Å²) in [6.07, 6.45) is 5.18. The molecule has 1 fully saturated rings. The Morgan fingerprint density at radius 3 is 2.63 bits per heavy atom. The van der Waals surface area contributed by atoms with Crippen LogP contribution in [-0.2, 0) is 16.0 Å². The molecule has 0 spiro atoms. The second-order valence-corrected chi connectivity index (χ2v) is 7.04. The first-order valence-corrected chi connectivity index (χ1v) is 9.43. The number of aryl methyl sites for hydroxylation is 1. The van der Waals surface area contributed by atoms with E-state index in [2.05, 4.69) is 22.4 Å². The molecule has 1 aromatic carbocycles. The van der Waals surface area contributed by atoms with Gasteiger partial charge in [0.2, 0.25) is 5.91 Å². The van der Waals surface area contributed by atoms with Crippen molar-refractivity contribution >= 4 is 23.1 Å². The van der Waals surface area contributed by atoms with E-state index in [1.165, 1.54) is 5.56 Å². The van der Waals surface area contributed by atoms with Gasteiger partial charge < -0.3 is 15.0 Å². The maximum absolute atomic E-state index is 12.0. The third-order valence-corrected chi connectivity index (χ3v) is 4.92. The minimum atomic E-state index is -0.327. The van der Waals surface area contributed by atoms with Gasteiger partial charge in [-0.25, -0.2) is 0 Å². The first-order valence-electron chi connectivity index (χ1n) is 9.05. The first-order chi connectivity index (χ1) is 13.1. The molecule has 6 heteroatoms. The van der Waals surface area contributed by atoms with Crippen LogP contribution in [0.5, 0.6) is 0 Å². The summed E-state index contributed by atoms with van der Waals surface area (Å²) < 4.78 is 5.10. The van der Waals surface area contributed by atoms with Gasteiger partial charge in [0, 0.05) is 37.4 Å². The molecule has 1 aromatic heterocycles. The maximum atomic E-state index is 12.0. The summed E-state index contributed by atoms with van der Waals surface area (Å²) in [6.45, 7) is 0.736. The molecular weight excluding hydrogens is 364 g/mol. The van der Waals surface area contributed by atoms with E-state index >= 15 is 0 Å². The van der Waals surface area contributed by atoms with Gasteiger partial charge in [-0.1, -0.05) is 41.9 Å². The fraction of sp³-hybridized carbons (Fsp3) is 0.333. The largest absolute Gasteiger partial charge is 0.385 e. The zero-order chi connectivity index (χ0) is 19.2. The van der Waals surface area contributed by atoms with E-state index in [-0.39, 0.29) is 22.5 Å². The number of carbonyl (C=O) groups is 1. The Labute approximate surface area is 163 Å². The summed E-state index contributed by atoms with van der Waals surface area (Å²) in [5.74, 6) is 0.0497. The number of hydrogen-bond donors (Lipinski definition) is 2. The van der Waals surface area contributed by atoms with Crippen molar-refractivity contribution in [1.82, 2.24) is 10.3 Å². The van der Waals surface area contributed by atoms with Crippen molar-refractivity contribution in [1.29, 1.82) is 0 Å². The Hall–Kier alpha value is -2.37. The molecule has 5 nitrogen and oxygen atoms in total. The van der Waals surface area contributed by atoms with Crippen LogP contribution in [0.4, 0.5) is 0 Å². The van der Waals surface area contributed by atoms with Crippen LogP contribution in [0.3, 0.4) is 0 Å². The lowest BCUT2D eigenvalue weighted by Crippen LogP contribution is -2.23. The summed E-state index contributed by atoms with van der Waals surface area (Å²) in [6, 6.07) is 11.6. The third-order valence-electron chi connectivity index (χ3n) is 4.63. The second-order valence-electron chi connectivity index (χ2n) is 6.64. The molecule has 1 aliphatic heterocycles. The molecule has 0 bridgehead atoms. The lowest BCUT2D eigenvalue weighted by molar-refractivity contribution is -0.119. The lowest BCUT2D eigenvalue weighted by atomic mass is 9.97. The average Bonchev–Trinajstić information content (AvgIpc) is 3.08. The summed E-state index contributed by atoms with van der Waals surface area (Å²) in [7, 11) is 1.70. The van der Waals surface area contributed by atoms with Crippen molar-refractivity contribution in [3.05, 3.63) is 74.7 Å². The Kier molecular flexibility index (Phi) is 6.48. The maximum Gasteiger partial charge on any atom is 0.267 e. The molecule has 2 aromatic rings. The summed E-state index contributed by atoms with van der Waals surface area (Å²) >= 11 is 5.87. The van der Waals surface area contributed by atoms with E-state index in [9.17, 15) is 9.59 Å². The number of H-pyrrole nitrogens is 1. The van der Waals surface area contributed by atoms with Crippen molar-refractivity contribution in [2.75, 3.05) is 13.7 Å². The van der Waals surface area contributed by atoms with Gasteiger partial charge in [0.15, 0.2) is 0 Å². The van der Waals surface area contributed by atoms with Gasteiger partial charge in [-0.2, -0.15) is 0 Å². The Morgan fingerprint density at radius 1 is 1.22 bits per heavy atom. The van der Waals surface area contributed by atoms with Crippen LogP contribution in [0.25, 0.3) is 5.57 Å². The number of pyridine rings is 1. The lowest BCUT2D eigenvalue weighted by Gasteiger charge is -2.13. The van der Waals surface area contributed by atoms with E-state index < -0.39 is 0 Å². The topological polar surface area (TPSA) is 71.2 Å². The number of hydrogen-bond acceptors (Lipinski definition) is 3. The number of benzene rings is 1. The van der Waals surface area contributed by atoms with E-state index in [1.807, 2.05) is 18.2 Å². The van der Waals surface area contributed by atoms with Gasteiger partial charge in [0.05, 0.1) is 0 Å². The highest BCUT2D eigenvalue weighted by atomic mass is 35.5. The van der Waals surface area contributed by atoms with E-state index in [4.69, 9.17) is 16.3 Å². The Morgan fingerprint density at radius 2 is 2.00 bits per heavy atom. The summed E-state index contributed by atoms with van der Waals surface area (Å²) in [4.78, 5) is 26.4. The fourth-order valence-electron chi connectivity index (χ4n) is 3.19. The van der Waals surface area contributed by atoms with E-state index in [0.29, 0.717) is 12.1 Å². The monoisotopic (exact) mass is 386 g/mol. The van der Waals surface area contributed by atoms with Crippen molar-refractivity contribution in [2.24, 2.45) is 0 Å². The van der Waals surface area contributed by atoms with Gasteiger partial charge in [0.1, 0.15) is 5.02 Å². The molecule has 27 heavy (non-hydrogen) atoms. The number of aromatic nitrogens is 1. The highest BCUT2D eigenvalue weighted by molar-refractivity contribution is 6.30. The smallest absolute Gasteiger partial charge is 0.267 e.